The second kappa shape index (κ2) is 6.84. The number of likely N-dealkylation sites (N-methyl/N-ethyl adjacent to an activating group) is 1. The molecule has 23 heavy (non-hydrogen) atoms. The zero-order chi connectivity index (χ0) is 16.2. The van der Waals surface area contributed by atoms with Crippen LogP contribution in [0.1, 0.15) is 11.1 Å². The topological polar surface area (TPSA) is 6.48 Å². The summed E-state index contributed by atoms with van der Waals surface area (Å²) in [5, 5.41) is 0. The van der Waals surface area contributed by atoms with Crippen molar-refractivity contribution in [1.82, 2.24) is 9.80 Å². The SMILES string of the molecule is Cc1ccccc1CN1C=CC(=C2C=CC(N(C)C)C=C2)C=C1. The van der Waals surface area contributed by atoms with Crippen LogP contribution in [-0.4, -0.2) is 29.9 Å². The van der Waals surface area contributed by atoms with E-state index in [1.54, 1.807) is 0 Å². The largest absolute Gasteiger partial charge is 0.350 e. The predicted molar refractivity (Wildman–Crippen MR) is 97.8 cm³/mol. The van der Waals surface area contributed by atoms with Crippen LogP contribution in [-0.2, 0) is 6.54 Å². The lowest BCUT2D eigenvalue weighted by Crippen LogP contribution is -2.24. The standard InChI is InChI=1S/C21H24N2/c1-17-6-4-5-7-20(17)16-23-14-12-19(13-15-23)18-8-10-21(11-9-18)22(2)3/h4-15,21H,16H2,1-3H3. The third-order valence-corrected chi connectivity index (χ3v) is 4.38. The van der Waals surface area contributed by atoms with Gasteiger partial charge >= 0.3 is 0 Å². The van der Waals surface area contributed by atoms with E-state index < -0.39 is 0 Å². The first-order chi connectivity index (χ1) is 11.1. The molecule has 0 fully saturated rings. The third kappa shape index (κ3) is 3.72. The molecule has 0 unspecified atom stereocenters. The average Bonchev–Trinajstić information content (AvgIpc) is 2.58. The van der Waals surface area contributed by atoms with Crippen LogP contribution >= 0.6 is 0 Å². The lowest BCUT2D eigenvalue weighted by molar-refractivity contribution is 0.390. The minimum Gasteiger partial charge on any atom is -0.350 e. The summed E-state index contributed by atoms with van der Waals surface area (Å²) in [6, 6.07) is 8.95. The number of allylic oxidation sites excluding steroid dienone is 6. The molecule has 118 valence electrons. The monoisotopic (exact) mass is 304 g/mol. The second-order valence-corrected chi connectivity index (χ2v) is 6.31. The van der Waals surface area contributed by atoms with Gasteiger partial charge in [0.15, 0.2) is 0 Å². The van der Waals surface area contributed by atoms with Gasteiger partial charge in [0.25, 0.3) is 0 Å². The van der Waals surface area contributed by atoms with E-state index in [1.807, 2.05) is 0 Å². The maximum absolute atomic E-state index is 2.24. The summed E-state index contributed by atoms with van der Waals surface area (Å²) in [7, 11) is 4.20. The van der Waals surface area contributed by atoms with E-state index in [-0.39, 0.29) is 0 Å². The minimum atomic E-state index is 0.397. The van der Waals surface area contributed by atoms with Crippen LogP contribution in [0.5, 0.6) is 0 Å². The lowest BCUT2D eigenvalue weighted by atomic mass is 9.99. The normalized spacial score (nSPS) is 20.0. The molecule has 2 heteroatoms. The van der Waals surface area contributed by atoms with Gasteiger partial charge in [-0.2, -0.15) is 0 Å². The van der Waals surface area contributed by atoms with Gasteiger partial charge in [-0.15, -0.1) is 0 Å². The van der Waals surface area contributed by atoms with Gasteiger partial charge in [0.05, 0.1) is 0 Å². The van der Waals surface area contributed by atoms with Crippen molar-refractivity contribution in [3.63, 3.8) is 0 Å². The molecular weight excluding hydrogens is 280 g/mol. The molecule has 0 saturated heterocycles. The molecule has 0 amide bonds. The van der Waals surface area contributed by atoms with Crippen LogP contribution in [0.4, 0.5) is 0 Å². The first-order valence-corrected chi connectivity index (χ1v) is 8.07. The highest BCUT2D eigenvalue weighted by Gasteiger charge is 2.10. The number of hydrogen-bond acceptors (Lipinski definition) is 2. The van der Waals surface area contributed by atoms with Crippen LogP contribution < -0.4 is 0 Å². The van der Waals surface area contributed by atoms with E-state index >= 15 is 0 Å². The molecule has 2 aliphatic rings. The number of hydrogen-bond donors (Lipinski definition) is 0. The van der Waals surface area contributed by atoms with Gasteiger partial charge in [0.2, 0.25) is 0 Å². The Hall–Kier alpha value is -2.32. The number of aryl methyl sites for hydroxylation is 1. The van der Waals surface area contributed by atoms with Crippen molar-refractivity contribution in [2.75, 3.05) is 14.1 Å². The van der Waals surface area contributed by atoms with Crippen molar-refractivity contribution in [2.45, 2.75) is 19.5 Å². The maximum Gasteiger partial charge on any atom is 0.0472 e. The van der Waals surface area contributed by atoms with E-state index in [0.717, 1.165) is 6.54 Å². The number of rotatable bonds is 3. The van der Waals surface area contributed by atoms with E-state index in [1.165, 1.54) is 22.3 Å². The van der Waals surface area contributed by atoms with Gasteiger partial charge in [-0.05, 0) is 55.4 Å². The van der Waals surface area contributed by atoms with Crippen molar-refractivity contribution in [1.29, 1.82) is 0 Å². The fourth-order valence-corrected chi connectivity index (χ4v) is 2.80. The van der Waals surface area contributed by atoms with Crippen LogP contribution in [0.15, 0.2) is 84.3 Å². The zero-order valence-corrected chi connectivity index (χ0v) is 14.1. The molecule has 1 heterocycles. The molecular formula is C21H24N2. The lowest BCUT2D eigenvalue weighted by Gasteiger charge is -2.22. The summed E-state index contributed by atoms with van der Waals surface area (Å²) in [5.74, 6) is 0. The van der Waals surface area contributed by atoms with Gasteiger partial charge in [-0.3, -0.25) is 4.90 Å². The quantitative estimate of drug-likeness (QED) is 0.826. The number of benzene rings is 1. The highest BCUT2D eigenvalue weighted by molar-refractivity contribution is 5.50. The summed E-state index contributed by atoms with van der Waals surface area (Å²) < 4.78 is 0. The molecule has 0 saturated carbocycles. The minimum absolute atomic E-state index is 0.397. The molecule has 0 N–H and O–H groups in total. The Bertz CT molecular complexity index is 685. The van der Waals surface area contributed by atoms with Gasteiger partial charge in [0, 0.05) is 25.0 Å². The van der Waals surface area contributed by atoms with E-state index in [4.69, 9.17) is 0 Å². The van der Waals surface area contributed by atoms with Crippen molar-refractivity contribution in [3.8, 4) is 0 Å². The summed E-state index contributed by atoms with van der Waals surface area (Å²) >= 11 is 0. The molecule has 1 aromatic carbocycles. The predicted octanol–water partition coefficient (Wildman–Crippen LogP) is 4.19. The molecule has 2 nitrogen and oxygen atoms in total. The summed E-state index contributed by atoms with van der Waals surface area (Å²) in [4.78, 5) is 4.43. The molecule has 0 bridgehead atoms. The van der Waals surface area contributed by atoms with Crippen LogP contribution in [0.2, 0.25) is 0 Å². The molecule has 0 aromatic heterocycles. The van der Waals surface area contributed by atoms with Crippen molar-refractivity contribution in [3.05, 3.63) is 95.4 Å². The molecule has 1 aliphatic heterocycles. The molecule has 3 rings (SSSR count). The Morgan fingerprint density at radius 1 is 0.913 bits per heavy atom. The van der Waals surface area contributed by atoms with Crippen LogP contribution in [0, 0.1) is 6.92 Å². The molecule has 1 aliphatic carbocycles. The summed E-state index contributed by atoms with van der Waals surface area (Å²) in [6.45, 7) is 3.08. The van der Waals surface area contributed by atoms with E-state index in [0.29, 0.717) is 6.04 Å². The Kier molecular flexibility index (Phi) is 4.63. The molecule has 0 spiro atoms. The van der Waals surface area contributed by atoms with Crippen molar-refractivity contribution in [2.24, 2.45) is 0 Å². The zero-order valence-electron chi connectivity index (χ0n) is 14.1. The first-order valence-electron chi connectivity index (χ1n) is 8.07. The van der Waals surface area contributed by atoms with Gasteiger partial charge < -0.3 is 4.90 Å². The smallest absolute Gasteiger partial charge is 0.0472 e. The van der Waals surface area contributed by atoms with E-state index in [9.17, 15) is 0 Å². The van der Waals surface area contributed by atoms with Crippen LogP contribution in [0.3, 0.4) is 0 Å². The fourth-order valence-electron chi connectivity index (χ4n) is 2.80. The summed E-state index contributed by atoms with van der Waals surface area (Å²) in [5.41, 5.74) is 5.23. The van der Waals surface area contributed by atoms with Crippen LogP contribution in [0.25, 0.3) is 0 Å². The maximum atomic E-state index is 2.24. The second-order valence-electron chi connectivity index (χ2n) is 6.31. The highest BCUT2D eigenvalue weighted by atomic mass is 15.1. The molecule has 1 aromatic rings. The number of nitrogens with zero attached hydrogens (tertiary/aromatic N) is 2. The Morgan fingerprint density at radius 3 is 2.13 bits per heavy atom. The third-order valence-electron chi connectivity index (χ3n) is 4.38. The van der Waals surface area contributed by atoms with Gasteiger partial charge in [-0.1, -0.05) is 48.6 Å². The van der Waals surface area contributed by atoms with Crippen molar-refractivity contribution < 1.29 is 0 Å². The highest BCUT2D eigenvalue weighted by Crippen LogP contribution is 2.21. The average molecular weight is 304 g/mol. The Labute approximate surface area is 139 Å². The Balaban J connectivity index is 1.69. The first kappa shape index (κ1) is 15.6. The van der Waals surface area contributed by atoms with Crippen molar-refractivity contribution >= 4 is 0 Å². The fraction of sp³-hybridized carbons (Fsp3) is 0.238. The Morgan fingerprint density at radius 2 is 1.52 bits per heavy atom. The van der Waals surface area contributed by atoms with Gasteiger partial charge in [-0.25, -0.2) is 0 Å². The summed E-state index contributed by atoms with van der Waals surface area (Å²) in [6.07, 6.45) is 17.6. The van der Waals surface area contributed by atoms with E-state index in [2.05, 4.69) is 104 Å². The van der Waals surface area contributed by atoms with Gasteiger partial charge in [0.1, 0.15) is 0 Å². The molecule has 0 radical (unpaired) electrons. The molecule has 0 atom stereocenters.